The van der Waals surface area contributed by atoms with E-state index < -0.39 is 23.5 Å². The van der Waals surface area contributed by atoms with E-state index in [1.165, 1.54) is 12.0 Å². The van der Waals surface area contributed by atoms with E-state index in [4.69, 9.17) is 13.6 Å². The van der Waals surface area contributed by atoms with Gasteiger partial charge in [0, 0.05) is 23.9 Å². The number of furan rings is 2. The van der Waals surface area contributed by atoms with Crippen LogP contribution in [-0.4, -0.2) is 35.2 Å². The number of hydrogen-bond acceptors (Lipinski definition) is 6. The van der Waals surface area contributed by atoms with Gasteiger partial charge in [0.1, 0.15) is 30.0 Å². The fourth-order valence-electron chi connectivity index (χ4n) is 4.32. The summed E-state index contributed by atoms with van der Waals surface area (Å²) in [5, 5.41) is 13.7. The molecule has 1 aliphatic heterocycles. The van der Waals surface area contributed by atoms with Crippen molar-refractivity contribution in [2.24, 2.45) is 0 Å². The van der Waals surface area contributed by atoms with E-state index >= 15 is 0 Å². The number of fused-ring (bicyclic) bond motifs is 1. The first-order chi connectivity index (χ1) is 16.5. The van der Waals surface area contributed by atoms with Crippen molar-refractivity contribution >= 4 is 22.7 Å². The van der Waals surface area contributed by atoms with Crippen molar-refractivity contribution in [1.29, 1.82) is 0 Å². The number of nitrogens with one attached hydrogen (secondary N) is 1. The highest BCUT2D eigenvalue weighted by Crippen LogP contribution is 2.40. The first-order valence-corrected chi connectivity index (χ1v) is 10.9. The molecule has 1 aromatic carbocycles. The minimum atomic E-state index is -0.924. The summed E-state index contributed by atoms with van der Waals surface area (Å²) in [5.41, 5.74) is 0.225. The monoisotopic (exact) mass is 461 g/mol. The average molecular weight is 461 g/mol. The molecule has 0 radical (unpaired) electrons. The molecule has 9 nitrogen and oxygen atoms in total. The summed E-state index contributed by atoms with van der Waals surface area (Å²) in [5.74, 6) is -0.793. The molecule has 1 unspecified atom stereocenters. The molecule has 1 atom stereocenters. The first-order valence-electron chi connectivity index (χ1n) is 10.9. The summed E-state index contributed by atoms with van der Waals surface area (Å²) < 4.78 is 18.8. The van der Waals surface area contributed by atoms with Crippen LogP contribution in [0, 0.1) is 6.92 Å². The normalized spacial score (nSPS) is 16.1. The zero-order valence-electron chi connectivity index (χ0n) is 18.7. The van der Waals surface area contributed by atoms with Gasteiger partial charge in [0.2, 0.25) is 18.0 Å². The number of imidazole rings is 1. The van der Waals surface area contributed by atoms with Crippen molar-refractivity contribution in [3.8, 4) is 5.75 Å². The minimum absolute atomic E-state index is 0.0337. The van der Waals surface area contributed by atoms with E-state index in [9.17, 15) is 14.7 Å². The molecule has 1 N–H and O–H groups in total. The lowest BCUT2D eigenvalue weighted by molar-refractivity contribution is -0.695. The van der Waals surface area contributed by atoms with Crippen molar-refractivity contribution in [2.45, 2.75) is 25.9 Å². The molecule has 4 heterocycles. The molecule has 9 heteroatoms. The Kier molecular flexibility index (Phi) is 5.45. The third-order valence-electron chi connectivity index (χ3n) is 5.93. The van der Waals surface area contributed by atoms with E-state index in [-0.39, 0.29) is 17.9 Å². The van der Waals surface area contributed by atoms with Crippen LogP contribution in [0.5, 0.6) is 5.75 Å². The van der Waals surface area contributed by atoms with Gasteiger partial charge in [-0.25, -0.2) is 4.57 Å². The Morgan fingerprint density at radius 3 is 2.82 bits per heavy atom. The molecule has 1 amide bonds. The molecule has 3 aromatic heterocycles. The molecule has 0 aliphatic carbocycles. The molecule has 0 bridgehead atoms. The molecule has 0 fully saturated rings. The summed E-state index contributed by atoms with van der Waals surface area (Å²) in [6.07, 6.45) is 6.06. The van der Waals surface area contributed by atoms with Crippen LogP contribution >= 0.6 is 0 Å². The van der Waals surface area contributed by atoms with Gasteiger partial charge < -0.3 is 23.6 Å². The molecular formula is C25H23N3O6. The lowest BCUT2D eigenvalue weighted by Gasteiger charge is -2.25. The number of nitrogens with zero attached hydrogens (tertiary/aromatic N) is 2. The second-order valence-electron chi connectivity index (χ2n) is 8.11. The minimum Gasteiger partial charge on any atom is -0.868 e. The number of ketones is 1. The predicted molar refractivity (Wildman–Crippen MR) is 118 cm³/mol. The van der Waals surface area contributed by atoms with Crippen LogP contribution in [-0.2, 0) is 11.3 Å². The summed E-state index contributed by atoms with van der Waals surface area (Å²) in [7, 11) is 1.51. The highest BCUT2D eigenvalue weighted by Gasteiger charge is 2.42. The quantitative estimate of drug-likeness (QED) is 0.318. The van der Waals surface area contributed by atoms with Gasteiger partial charge in [-0.05, 0) is 36.9 Å². The van der Waals surface area contributed by atoms with Crippen molar-refractivity contribution < 1.29 is 32.8 Å². The number of amides is 1. The second kappa shape index (κ2) is 8.58. The van der Waals surface area contributed by atoms with Crippen LogP contribution in [0.15, 0.2) is 75.3 Å². The molecule has 174 valence electrons. The summed E-state index contributed by atoms with van der Waals surface area (Å²) in [6, 6.07) is 9.34. The van der Waals surface area contributed by atoms with E-state index in [0.29, 0.717) is 41.2 Å². The van der Waals surface area contributed by atoms with Gasteiger partial charge in [-0.2, -0.15) is 0 Å². The van der Waals surface area contributed by atoms with E-state index in [1.54, 1.807) is 55.8 Å². The number of aromatic amines is 1. The van der Waals surface area contributed by atoms with Gasteiger partial charge >= 0.3 is 0 Å². The van der Waals surface area contributed by atoms with Crippen molar-refractivity contribution in [3.63, 3.8) is 0 Å². The SMILES string of the molecule is COc1cccc2cc(C(=O)C3=C([O-])C(=O)N(CCC[n+]4cc[nH]c4)C3c3ccc(C)o3)oc12. The maximum Gasteiger partial charge on any atom is 0.241 e. The fourth-order valence-corrected chi connectivity index (χ4v) is 4.32. The zero-order chi connectivity index (χ0) is 23.8. The van der Waals surface area contributed by atoms with Crippen LogP contribution in [0.1, 0.15) is 34.5 Å². The smallest absolute Gasteiger partial charge is 0.241 e. The summed E-state index contributed by atoms with van der Waals surface area (Å²) >= 11 is 0. The Morgan fingerprint density at radius 1 is 1.26 bits per heavy atom. The van der Waals surface area contributed by atoms with Gasteiger partial charge in [-0.3, -0.25) is 14.6 Å². The number of carbonyl (C=O) groups is 2. The number of carbonyl (C=O) groups excluding carboxylic acids is 2. The van der Waals surface area contributed by atoms with Crippen LogP contribution in [0.2, 0.25) is 0 Å². The number of aryl methyl sites for hydroxylation is 2. The first kappa shape index (κ1) is 21.6. The number of aromatic nitrogens is 2. The Bertz CT molecular complexity index is 1400. The van der Waals surface area contributed by atoms with Crippen molar-refractivity contribution in [2.75, 3.05) is 13.7 Å². The molecule has 34 heavy (non-hydrogen) atoms. The predicted octanol–water partition coefficient (Wildman–Crippen LogP) is 2.43. The van der Waals surface area contributed by atoms with Gasteiger partial charge in [0.15, 0.2) is 17.1 Å². The molecule has 0 spiro atoms. The molecule has 5 rings (SSSR count). The number of Topliss-reactive ketones (excluding diaryl/α,β-unsaturated/α-hetero) is 1. The topological polar surface area (TPSA) is 116 Å². The summed E-state index contributed by atoms with van der Waals surface area (Å²) in [4.78, 5) is 30.9. The van der Waals surface area contributed by atoms with Crippen LogP contribution in [0.25, 0.3) is 11.0 Å². The third kappa shape index (κ3) is 3.64. The fraction of sp³-hybridized carbons (Fsp3) is 0.240. The lowest BCUT2D eigenvalue weighted by Crippen LogP contribution is -2.37. The second-order valence-corrected chi connectivity index (χ2v) is 8.11. The Balaban J connectivity index is 1.50. The standard InChI is InChI=1S/C25H23N3O6/c1-15-7-8-17(33-15)21-20(22(29)19-13-16-5-3-6-18(32-2)24(16)34-19)23(30)25(31)28(21)11-4-10-27-12-9-26-14-27/h3,5-9,12-14,21H,4,10-11H2,1-2H3,(H,29,30). The number of hydrogen-bond donors (Lipinski definition) is 1. The van der Waals surface area contributed by atoms with Crippen molar-refractivity contribution in [1.82, 2.24) is 9.88 Å². The Hall–Kier alpha value is -4.27. The molecule has 4 aromatic rings. The van der Waals surface area contributed by atoms with Gasteiger partial charge in [-0.1, -0.05) is 12.1 Å². The van der Waals surface area contributed by atoms with E-state index in [0.717, 1.165) is 0 Å². The van der Waals surface area contributed by atoms with E-state index in [1.807, 2.05) is 10.8 Å². The van der Waals surface area contributed by atoms with Gasteiger partial charge in [0.25, 0.3) is 0 Å². The highest BCUT2D eigenvalue weighted by molar-refractivity contribution is 6.15. The maximum atomic E-state index is 13.5. The third-order valence-corrected chi connectivity index (χ3v) is 5.93. The maximum absolute atomic E-state index is 13.5. The summed E-state index contributed by atoms with van der Waals surface area (Å²) in [6.45, 7) is 2.68. The molecule has 1 aliphatic rings. The van der Waals surface area contributed by atoms with Crippen LogP contribution in [0.4, 0.5) is 0 Å². The van der Waals surface area contributed by atoms with Gasteiger partial charge in [0.05, 0.1) is 13.7 Å². The highest BCUT2D eigenvalue weighted by atomic mass is 16.5. The zero-order valence-corrected chi connectivity index (χ0v) is 18.7. The van der Waals surface area contributed by atoms with Crippen LogP contribution < -0.4 is 14.4 Å². The average Bonchev–Trinajstić information content (AvgIpc) is 3.62. The molecular weight excluding hydrogens is 438 g/mol. The number of rotatable bonds is 8. The number of H-pyrrole nitrogens is 1. The van der Waals surface area contributed by atoms with E-state index in [2.05, 4.69) is 4.98 Å². The molecule has 0 saturated carbocycles. The number of methoxy groups -OCH3 is 1. The Labute approximate surface area is 194 Å². The Morgan fingerprint density at radius 2 is 2.12 bits per heavy atom. The van der Waals surface area contributed by atoms with Crippen molar-refractivity contribution in [3.05, 3.63) is 83.7 Å². The largest absolute Gasteiger partial charge is 0.868 e. The number of benzene rings is 1. The van der Waals surface area contributed by atoms with Crippen LogP contribution in [0.3, 0.4) is 0 Å². The number of para-hydroxylation sites is 1. The number of ether oxygens (including phenoxy) is 1. The van der Waals surface area contributed by atoms with Gasteiger partial charge in [-0.15, -0.1) is 0 Å². The molecule has 0 saturated heterocycles. The lowest BCUT2D eigenvalue weighted by atomic mass is 9.99.